The van der Waals surface area contributed by atoms with Gasteiger partial charge in [0.1, 0.15) is 29.0 Å². The van der Waals surface area contributed by atoms with E-state index in [9.17, 15) is 13.9 Å². The molecule has 3 atom stereocenters. The molecule has 1 aliphatic rings. The van der Waals surface area contributed by atoms with Gasteiger partial charge < -0.3 is 29.4 Å². The average Bonchev–Trinajstić information content (AvgIpc) is 3.38. The standard InChI is InChI=1S/C37H41F2N5O3/c1-6-8-24-12-11-22(2)44(23(24)3)26-14-16-34(40-19-26)42-31-18-30(35-28(38)9-7-10-29(35)39)41-32-21-43(37(45)36(31)32)20-25-13-15-27(46-4)17-33(25)47-5/h7,9-10,13-19,21-24,45H,6,8,11-12,20H2,1-5H3,(H,40,42). The van der Waals surface area contributed by atoms with Gasteiger partial charge in [-0.25, -0.2) is 18.7 Å². The van der Waals surface area contributed by atoms with E-state index in [4.69, 9.17) is 14.5 Å². The number of aromatic nitrogens is 3. The van der Waals surface area contributed by atoms with Crippen LogP contribution in [0.25, 0.3) is 22.2 Å². The van der Waals surface area contributed by atoms with Crippen molar-refractivity contribution in [3.63, 3.8) is 0 Å². The Morgan fingerprint density at radius 1 is 1.00 bits per heavy atom. The maximum absolute atomic E-state index is 15.0. The summed E-state index contributed by atoms with van der Waals surface area (Å²) in [6.45, 7) is 7.04. The summed E-state index contributed by atoms with van der Waals surface area (Å²) in [7, 11) is 3.15. The molecule has 1 saturated heterocycles. The normalized spacial score (nSPS) is 18.0. The second-order valence-corrected chi connectivity index (χ2v) is 12.3. The lowest BCUT2D eigenvalue weighted by Gasteiger charge is -2.45. The Kier molecular flexibility index (Phi) is 9.20. The maximum Gasteiger partial charge on any atom is 0.203 e. The van der Waals surface area contributed by atoms with Gasteiger partial charge in [-0.15, -0.1) is 0 Å². The van der Waals surface area contributed by atoms with Crippen molar-refractivity contribution in [3.8, 4) is 28.6 Å². The highest BCUT2D eigenvalue weighted by Crippen LogP contribution is 2.40. The molecule has 0 amide bonds. The second-order valence-electron chi connectivity index (χ2n) is 12.3. The first-order valence-corrected chi connectivity index (χ1v) is 16.1. The van der Waals surface area contributed by atoms with Gasteiger partial charge in [-0.2, -0.15) is 0 Å². The van der Waals surface area contributed by atoms with Crippen molar-refractivity contribution in [2.45, 2.75) is 65.1 Å². The molecule has 5 aromatic rings. The minimum atomic E-state index is -0.733. The van der Waals surface area contributed by atoms with E-state index in [1.54, 1.807) is 37.1 Å². The summed E-state index contributed by atoms with van der Waals surface area (Å²) >= 11 is 0. The number of piperidine rings is 1. The summed E-state index contributed by atoms with van der Waals surface area (Å²) < 4.78 is 42.5. The molecule has 2 N–H and O–H groups in total. The number of anilines is 3. The lowest BCUT2D eigenvalue weighted by Crippen LogP contribution is -2.48. The van der Waals surface area contributed by atoms with E-state index in [1.165, 1.54) is 37.5 Å². The molecule has 2 aromatic carbocycles. The van der Waals surface area contributed by atoms with E-state index in [2.05, 4.69) is 36.0 Å². The number of nitrogens with one attached hydrogen (secondary N) is 1. The summed E-state index contributed by atoms with van der Waals surface area (Å²) in [5, 5.41) is 15.2. The van der Waals surface area contributed by atoms with Gasteiger partial charge in [0.05, 0.1) is 60.5 Å². The number of pyridine rings is 2. The molecule has 3 unspecified atom stereocenters. The van der Waals surface area contributed by atoms with Crippen molar-refractivity contribution in [1.29, 1.82) is 0 Å². The Labute approximate surface area is 274 Å². The first-order chi connectivity index (χ1) is 22.7. The van der Waals surface area contributed by atoms with E-state index in [0.717, 1.165) is 17.7 Å². The van der Waals surface area contributed by atoms with Crippen LogP contribution in [0.3, 0.4) is 0 Å². The predicted octanol–water partition coefficient (Wildman–Crippen LogP) is 8.68. The number of aromatic hydroxyl groups is 1. The summed E-state index contributed by atoms with van der Waals surface area (Å²) in [5.74, 6) is 0.855. The SMILES string of the molecule is CCCC1CCC(C)N(c2ccc(Nc3cc(-c4c(F)cccc4F)nc4cn(Cc5ccc(OC)cc5OC)c(O)c34)nc2)C1C. The number of methoxy groups -OCH3 is 2. The number of rotatable bonds is 10. The molecule has 0 radical (unpaired) electrons. The van der Waals surface area contributed by atoms with Crippen molar-refractivity contribution in [3.05, 3.63) is 84.2 Å². The second kappa shape index (κ2) is 13.5. The number of ether oxygens (including phenoxy) is 2. The highest BCUT2D eigenvalue weighted by molar-refractivity contribution is 5.99. The fraction of sp³-hybridized carbons (Fsp3) is 0.351. The van der Waals surface area contributed by atoms with E-state index in [0.29, 0.717) is 51.9 Å². The molecule has 0 spiro atoms. The molecule has 0 aliphatic carbocycles. The van der Waals surface area contributed by atoms with E-state index in [-0.39, 0.29) is 23.7 Å². The minimum absolute atomic E-state index is 0.0667. The van der Waals surface area contributed by atoms with Gasteiger partial charge in [0.15, 0.2) is 0 Å². The van der Waals surface area contributed by atoms with Crippen LogP contribution < -0.4 is 19.7 Å². The number of fused-ring (bicyclic) bond motifs is 1. The summed E-state index contributed by atoms with van der Waals surface area (Å²) in [6.07, 6.45) is 8.26. The average molecular weight is 642 g/mol. The molecule has 6 rings (SSSR count). The van der Waals surface area contributed by atoms with Crippen LogP contribution in [0.1, 0.15) is 52.0 Å². The fourth-order valence-corrected chi connectivity index (χ4v) is 6.96. The first kappa shape index (κ1) is 32.1. The number of benzene rings is 2. The van der Waals surface area contributed by atoms with Crippen molar-refractivity contribution in [1.82, 2.24) is 14.5 Å². The highest BCUT2D eigenvalue weighted by atomic mass is 19.1. The molecule has 3 aromatic heterocycles. The van der Waals surface area contributed by atoms with Crippen LogP contribution in [0.5, 0.6) is 17.4 Å². The van der Waals surface area contributed by atoms with Crippen LogP contribution in [-0.2, 0) is 6.54 Å². The van der Waals surface area contributed by atoms with Gasteiger partial charge in [0, 0.05) is 29.9 Å². The van der Waals surface area contributed by atoms with Crippen molar-refractivity contribution in [2.24, 2.45) is 5.92 Å². The molecular weight excluding hydrogens is 600 g/mol. The highest BCUT2D eigenvalue weighted by Gasteiger charge is 2.32. The van der Waals surface area contributed by atoms with Gasteiger partial charge >= 0.3 is 0 Å². The molecule has 1 aliphatic heterocycles. The van der Waals surface area contributed by atoms with Gasteiger partial charge in [-0.1, -0.05) is 19.4 Å². The predicted molar refractivity (Wildman–Crippen MR) is 182 cm³/mol. The van der Waals surface area contributed by atoms with Crippen LogP contribution >= 0.6 is 0 Å². The van der Waals surface area contributed by atoms with Crippen molar-refractivity contribution >= 4 is 28.1 Å². The van der Waals surface area contributed by atoms with Gasteiger partial charge in [0.25, 0.3) is 0 Å². The van der Waals surface area contributed by atoms with Crippen LogP contribution in [0.15, 0.2) is 67.0 Å². The molecule has 246 valence electrons. The number of hydrogen-bond donors (Lipinski definition) is 2. The Hall–Kier alpha value is -4.86. The third kappa shape index (κ3) is 6.28. The summed E-state index contributed by atoms with van der Waals surface area (Å²) in [5.41, 5.74) is 2.44. The Balaban J connectivity index is 1.39. The Bertz CT molecular complexity index is 1860. The van der Waals surface area contributed by atoms with Crippen LogP contribution in [-0.4, -0.2) is 45.9 Å². The van der Waals surface area contributed by atoms with E-state index < -0.39 is 11.6 Å². The number of hydrogen-bond acceptors (Lipinski definition) is 7. The monoisotopic (exact) mass is 641 g/mol. The van der Waals surface area contributed by atoms with Crippen LogP contribution in [0, 0.1) is 17.6 Å². The largest absolute Gasteiger partial charge is 0.497 e. The Morgan fingerprint density at radius 3 is 2.47 bits per heavy atom. The molecular formula is C37H41F2N5O3. The van der Waals surface area contributed by atoms with Crippen molar-refractivity contribution in [2.75, 3.05) is 24.4 Å². The minimum Gasteiger partial charge on any atom is -0.497 e. The fourth-order valence-electron chi connectivity index (χ4n) is 6.96. The van der Waals surface area contributed by atoms with Gasteiger partial charge in [0.2, 0.25) is 5.88 Å². The van der Waals surface area contributed by atoms with Gasteiger partial charge in [-0.05, 0) is 81.5 Å². The quantitative estimate of drug-likeness (QED) is 0.158. The zero-order chi connectivity index (χ0) is 33.2. The molecule has 47 heavy (non-hydrogen) atoms. The van der Waals surface area contributed by atoms with Crippen LogP contribution in [0.2, 0.25) is 0 Å². The first-order valence-electron chi connectivity index (χ1n) is 16.1. The van der Waals surface area contributed by atoms with Crippen molar-refractivity contribution < 1.29 is 23.4 Å². The zero-order valence-corrected chi connectivity index (χ0v) is 27.4. The smallest absolute Gasteiger partial charge is 0.203 e. The lowest BCUT2D eigenvalue weighted by molar-refractivity contribution is 0.282. The van der Waals surface area contributed by atoms with E-state index >= 15 is 0 Å². The molecule has 10 heteroatoms. The molecule has 0 saturated carbocycles. The molecule has 4 heterocycles. The van der Waals surface area contributed by atoms with Crippen LogP contribution in [0.4, 0.5) is 26.0 Å². The summed E-state index contributed by atoms with van der Waals surface area (Å²) in [4.78, 5) is 11.8. The Morgan fingerprint density at radius 2 is 1.79 bits per heavy atom. The molecule has 8 nitrogen and oxygen atoms in total. The van der Waals surface area contributed by atoms with Gasteiger partial charge in [-0.3, -0.25) is 0 Å². The molecule has 0 bridgehead atoms. The maximum atomic E-state index is 15.0. The lowest BCUT2D eigenvalue weighted by atomic mass is 9.83. The van der Waals surface area contributed by atoms with E-state index in [1.807, 2.05) is 30.5 Å². The topological polar surface area (TPSA) is 84.7 Å². The number of halogens is 2. The third-order valence-corrected chi connectivity index (χ3v) is 9.39. The zero-order valence-electron chi connectivity index (χ0n) is 27.4. The summed E-state index contributed by atoms with van der Waals surface area (Å²) in [6, 6.07) is 15.4. The molecule has 1 fully saturated rings. The third-order valence-electron chi connectivity index (χ3n) is 9.39. The number of nitrogens with zero attached hydrogens (tertiary/aromatic N) is 4.